The lowest BCUT2D eigenvalue weighted by Gasteiger charge is -2.30. The van der Waals surface area contributed by atoms with Crippen molar-refractivity contribution >= 4 is 29.8 Å². The van der Waals surface area contributed by atoms with Gasteiger partial charge in [0.1, 0.15) is 17.7 Å². The summed E-state index contributed by atoms with van der Waals surface area (Å²) in [5.74, 6) is -3.80. The van der Waals surface area contributed by atoms with Crippen molar-refractivity contribution in [2.45, 2.75) is 90.8 Å². The highest BCUT2D eigenvalue weighted by atomic mass is 16.6. The van der Waals surface area contributed by atoms with Crippen LogP contribution in [0.5, 0.6) is 0 Å². The first-order valence-electron chi connectivity index (χ1n) is 11.8. The summed E-state index contributed by atoms with van der Waals surface area (Å²) in [6.45, 7) is 9.44. The fourth-order valence-electron chi connectivity index (χ4n) is 3.78. The van der Waals surface area contributed by atoms with E-state index in [2.05, 4.69) is 16.0 Å². The van der Waals surface area contributed by atoms with Crippen LogP contribution in [-0.4, -0.2) is 64.3 Å². The summed E-state index contributed by atoms with van der Waals surface area (Å²) in [4.78, 5) is 59.3. The Morgan fingerprint density at radius 1 is 1.00 bits per heavy atom. The van der Waals surface area contributed by atoms with E-state index >= 15 is 0 Å². The van der Waals surface area contributed by atoms with Gasteiger partial charge in [0.05, 0.1) is 6.42 Å². The number of carboxylic acids is 2. The first kappa shape index (κ1) is 29.2. The summed E-state index contributed by atoms with van der Waals surface area (Å²) < 4.78 is 5.27. The van der Waals surface area contributed by atoms with E-state index in [1.165, 1.54) is 0 Å². The molecule has 11 nitrogen and oxygen atoms in total. The van der Waals surface area contributed by atoms with E-state index in [1.54, 1.807) is 20.8 Å². The number of carbonyl (C=O) groups excluding carboxylic acids is 3. The number of carboxylic acid groups (broad SMARTS) is 2. The summed E-state index contributed by atoms with van der Waals surface area (Å²) in [6, 6.07) is -2.19. The molecule has 1 aliphatic rings. The Balaban J connectivity index is 2.55. The second-order valence-electron chi connectivity index (χ2n) is 9.97. The summed E-state index contributed by atoms with van der Waals surface area (Å²) in [7, 11) is 0. The zero-order valence-corrected chi connectivity index (χ0v) is 20.7. The zero-order chi connectivity index (χ0) is 26.1. The minimum absolute atomic E-state index is 0.0973. The fraction of sp³-hybridized carbons (Fsp3) is 0.783. The Morgan fingerprint density at radius 3 is 2.06 bits per heavy atom. The van der Waals surface area contributed by atoms with Crippen molar-refractivity contribution < 1.29 is 38.9 Å². The molecule has 11 heteroatoms. The lowest BCUT2D eigenvalue weighted by molar-refractivity contribution is -0.147. The molecule has 5 N–H and O–H groups in total. The van der Waals surface area contributed by atoms with Crippen LogP contribution < -0.4 is 16.0 Å². The average Bonchev–Trinajstić information content (AvgIpc) is 2.73. The van der Waals surface area contributed by atoms with E-state index in [1.807, 2.05) is 13.8 Å². The van der Waals surface area contributed by atoms with Gasteiger partial charge in [0, 0.05) is 12.5 Å². The van der Waals surface area contributed by atoms with Gasteiger partial charge >= 0.3 is 18.0 Å². The molecular weight excluding hydrogens is 446 g/mol. The number of hydrogen-bond donors (Lipinski definition) is 5. The maximum absolute atomic E-state index is 12.8. The van der Waals surface area contributed by atoms with Gasteiger partial charge in [0.2, 0.25) is 11.8 Å². The third kappa shape index (κ3) is 10.4. The van der Waals surface area contributed by atoms with E-state index in [9.17, 15) is 24.0 Å². The molecule has 1 fully saturated rings. The second-order valence-corrected chi connectivity index (χ2v) is 9.97. The fourth-order valence-corrected chi connectivity index (χ4v) is 3.78. The molecular formula is C23H39N3O8. The maximum atomic E-state index is 12.8. The third-order valence-corrected chi connectivity index (χ3v) is 5.94. The van der Waals surface area contributed by atoms with Crippen LogP contribution in [0.2, 0.25) is 0 Å². The molecule has 34 heavy (non-hydrogen) atoms. The van der Waals surface area contributed by atoms with E-state index in [4.69, 9.17) is 14.9 Å². The molecule has 0 aliphatic heterocycles. The number of hydrogen-bond acceptors (Lipinski definition) is 6. The van der Waals surface area contributed by atoms with Gasteiger partial charge in [-0.2, -0.15) is 0 Å². The van der Waals surface area contributed by atoms with Crippen molar-refractivity contribution in [2.75, 3.05) is 6.54 Å². The van der Waals surface area contributed by atoms with Crippen LogP contribution in [0.3, 0.4) is 0 Å². The number of carbonyl (C=O) groups is 5. The van der Waals surface area contributed by atoms with Gasteiger partial charge in [-0.3, -0.25) is 14.4 Å². The van der Waals surface area contributed by atoms with Crippen LogP contribution in [0, 0.1) is 17.8 Å². The molecule has 0 aromatic rings. The molecule has 1 rings (SSSR count). The molecule has 0 saturated heterocycles. The maximum Gasteiger partial charge on any atom is 0.408 e. The van der Waals surface area contributed by atoms with Gasteiger partial charge in [-0.05, 0) is 58.3 Å². The predicted molar refractivity (Wildman–Crippen MR) is 123 cm³/mol. The van der Waals surface area contributed by atoms with Gasteiger partial charge in [-0.25, -0.2) is 9.59 Å². The van der Waals surface area contributed by atoms with Crippen molar-refractivity contribution in [2.24, 2.45) is 17.8 Å². The van der Waals surface area contributed by atoms with Crippen LogP contribution in [0.1, 0.15) is 73.1 Å². The highest BCUT2D eigenvalue weighted by molar-refractivity contribution is 5.88. The lowest BCUT2D eigenvalue weighted by Crippen LogP contribution is -2.52. The minimum atomic E-state index is -1.46. The average molecular weight is 486 g/mol. The van der Waals surface area contributed by atoms with Gasteiger partial charge in [0.25, 0.3) is 0 Å². The highest BCUT2D eigenvalue weighted by Gasteiger charge is 2.32. The molecule has 0 aromatic heterocycles. The van der Waals surface area contributed by atoms with Crippen molar-refractivity contribution in [1.29, 1.82) is 0 Å². The zero-order valence-electron chi connectivity index (χ0n) is 20.7. The third-order valence-electron chi connectivity index (χ3n) is 5.94. The first-order chi connectivity index (χ1) is 15.7. The molecule has 3 atom stereocenters. The topological polar surface area (TPSA) is 171 Å². The number of ether oxygens (including phenoxy) is 1. The Kier molecular flexibility index (Phi) is 11.3. The standard InChI is InChI=1S/C23H39N3O8/c1-6-13(2)18(26-22(33)34-23(3,4)5)20(30)24-12-14-7-9-15(10-8-14)19(29)25-16(21(31)32)11-17(27)28/h13-16,18H,6-12H2,1-5H3,(H,24,30)(H,25,29)(H,26,33)(H,27,28)(H,31,32)/t13-,14?,15?,16+,18-/m0/s1. The molecule has 0 heterocycles. The SMILES string of the molecule is CC[C@H](C)[C@H](NC(=O)OC(C)(C)C)C(=O)NCC1CCC(C(=O)N[C@H](CC(=O)O)C(=O)O)CC1. The summed E-state index contributed by atoms with van der Waals surface area (Å²) in [5, 5.41) is 25.8. The quantitative estimate of drug-likeness (QED) is 0.295. The molecule has 1 saturated carbocycles. The van der Waals surface area contributed by atoms with Crippen LogP contribution in [0.25, 0.3) is 0 Å². The minimum Gasteiger partial charge on any atom is -0.481 e. The van der Waals surface area contributed by atoms with Crippen LogP contribution in [0.4, 0.5) is 4.79 Å². The Bertz CT molecular complexity index is 741. The summed E-state index contributed by atoms with van der Waals surface area (Å²) in [6.07, 6.45) is 1.69. The first-order valence-corrected chi connectivity index (χ1v) is 11.8. The number of amides is 3. The molecule has 0 aromatic carbocycles. The van der Waals surface area contributed by atoms with Crippen LogP contribution >= 0.6 is 0 Å². The van der Waals surface area contributed by atoms with Crippen LogP contribution in [0.15, 0.2) is 0 Å². The molecule has 0 radical (unpaired) electrons. The number of nitrogens with one attached hydrogen (secondary N) is 3. The molecule has 0 spiro atoms. The highest BCUT2D eigenvalue weighted by Crippen LogP contribution is 2.28. The monoisotopic (exact) mass is 485 g/mol. The van der Waals surface area contributed by atoms with E-state index in [0.29, 0.717) is 38.6 Å². The van der Waals surface area contributed by atoms with Gasteiger partial charge < -0.3 is 30.9 Å². The Labute approximate surface area is 200 Å². The Morgan fingerprint density at radius 2 is 1.59 bits per heavy atom. The molecule has 3 amide bonds. The van der Waals surface area contributed by atoms with Crippen molar-refractivity contribution in [3.63, 3.8) is 0 Å². The van der Waals surface area contributed by atoms with Gasteiger partial charge in [-0.15, -0.1) is 0 Å². The van der Waals surface area contributed by atoms with Crippen molar-refractivity contribution in [1.82, 2.24) is 16.0 Å². The molecule has 194 valence electrons. The number of rotatable bonds is 11. The van der Waals surface area contributed by atoms with Gasteiger partial charge in [-0.1, -0.05) is 20.3 Å². The largest absolute Gasteiger partial charge is 0.481 e. The van der Waals surface area contributed by atoms with E-state index < -0.39 is 54.0 Å². The summed E-state index contributed by atoms with van der Waals surface area (Å²) in [5.41, 5.74) is -0.677. The molecule has 0 bridgehead atoms. The van der Waals surface area contributed by atoms with Crippen molar-refractivity contribution in [3.8, 4) is 0 Å². The second kappa shape index (κ2) is 13.1. The predicted octanol–water partition coefficient (Wildman–Crippen LogP) is 1.89. The van der Waals surface area contributed by atoms with Crippen LogP contribution in [-0.2, 0) is 23.9 Å². The number of aliphatic carboxylic acids is 2. The smallest absolute Gasteiger partial charge is 0.408 e. The molecule has 0 unspecified atom stereocenters. The lowest BCUT2D eigenvalue weighted by atomic mass is 9.81. The van der Waals surface area contributed by atoms with E-state index in [-0.39, 0.29) is 17.7 Å². The normalized spacial score (nSPS) is 20.9. The van der Waals surface area contributed by atoms with E-state index in [0.717, 1.165) is 0 Å². The number of alkyl carbamates (subject to hydrolysis) is 1. The van der Waals surface area contributed by atoms with Crippen molar-refractivity contribution in [3.05, 3.63) is 0 Å². The summed E-state index contributed by atoms with van der Waals surface area (Å²) >= 11 is 0. The van der Waals surface area contributed by atoms with Gasteiger partial charge in [0.15, 0.2) is 0 Å². The molecule has 1 aliphatic carbocycles. The Hall–Kier alpha value is -2.85.